The maximum absolute atomic E-state index is 12.1. The second kappa shape index (κ2) is 6.52. The highest BCUT2D eigenvalue weighted by Gasteiger charge is 2.28. The van der Waals surface area contributed by atoms with E-state index in [1.54, 1.807) is 11.3 Å². The van der Waals surface area contributed by atoms with Gasteiger partial charge in [-0.3, -0.25) is 4.79 Å². The van der Waals surface area contributed by atoms with Gasteiger partial charge in [0.25, 0.3) is 0 Å². The van der Waals surface area contributed by atoms with Crippen molar-refractivity contribution in [2.45, 2.75) is 56.6 Å². The van der Waals surface area contributed by atoms with Crippen LogP contribution in [-0.4, -0.2) is 27.7 Å². The van der Waals surface area contributed by atoms with Gasteiger partial charge in [0, 0.05) is 10.9 Å². The van der Waals surface area contributed by atoms with Gasteiger partial charge in [0.05, 0.1) is 11.1 Å². The Balaban J connectivity index is 1.47. The van der Waals surface area contributed by atoms with Crippen molar-refractivity contribution in [1.29, 1.82) is 0 Å². The zero-order valence-corrected chi connectivity index (χ0v) is 15.4. The molecule has 1 atom stereocenters. The average Bonchev–Trinajstić information content (AvgIpc) is 3.33. The van der Waals surface area contributed by atoms with Crippen molar-refractivity contribution in [2.24, 2.45) is 5.92 Å². The van der Waals surface area contributed by atoms with Crippen LogP contribution in [0.3, 0.4) is 0 Å². The van der Waals surface area contributed by atoms with Gasteiger partial charge >= 0.3 is 0 Å². The normalized spacial score (nSPS) is 18.4. The monoisotopic (exact) mass is 362 g/mol. The lowest BCUT2D eigenvalue weighted by Crippen LogP contribution is -2.35. The first-order chi connectivity index (χ1) is 11.6. The number of anilines is 1. The molecule has 1 fully saturated rings. The summed E-state index contributed by atoms with van der Waals surface area (Å²) in [5, 5.41) is 4.71. The molecule has 0 spiro atoms. The number of hydrogen-bond donors (Lipinski definition) is 2. The number of thiophene rings is 1. The smallest absolute Gasteiger partial charge is 0.230 e. The van der Waals surface area contributed by atoms with Crippen LogP contribution >= 0.6 is 23.1 Å². The lowest BCUT2D eigenvalue weighted by Gasteiger charge is -2.12. The van der Waals surface area contributed by atoms with E-state index in [2.05, 4.69) is 22.2 Å². The largest absolute Gasteiger partial charge is 0.383 e. The fourth-order valence-electron chi connectivity index (χ4n) is 3.37. The fourth-order valence-corrected chi connectivity index (χ4v) is 5.36. The maximum Gasteiger partial charge on any atom is 0.230 e. The molecule has 4 rings (SSSR count). The summed E-state index contributed by atoms with van der Waals surface area (Å²) < 4.78 is 0. The summed E-state index contributed by atoms with van der Waals surface area (Å²) in [6.45, 7) is 2.08. The van der Waals surface area contributed by atoms with Crippen molar-refractivity contribution in [1.82, 2.24) is 15.3 Å². The molecule has 0 bridgehead atoms. The lowest BCUT2D eigenvalue weighted by molar-refractivity contribution is -0.119. The Hall–Kier alpha value is -1.34. The van der Waals surface area contributed by atoms with Gasteiger partial charge in [-0.15, -0.1) is 11.3 Å². The van der Waals surface area contributed by atoms with Crippen molar-refractivity contribution in [2.75, 3.05) is 11.5 Å². The molecule has 0 radical (unpaired) electrons. The minimum atomic E-state index is 0.0483. The number of nitrogens with one attached hydrogen (secondary N) is 1. The van der Waals surface area contributed by atoms with E-state index in [1.165, 1.54) is 47.9 Å². The SMILES string of the molecule is C[C@H](NC(=O)CSc1nc(N)c2c3c(sc2n1)CCCC3)C1CC1. The third kappa shape index (κ3) is 3.24. The second-order valence-corrected chi connectivity index (χ2v) is 8.79. The van der Waals surface area contributed by atoms with Gasteiger partial charge in [0.15, 0.2) is 5.16 Å². The van der Waals surface area contributed by atoms with Crippen LogP contribution in [0.4, 0.5) is 5.82 Å². The van der Waals surface area contributed by atoms with Crippen LogP contribution in [-0.2, 0) is 17.6 Å². The second-order valence-electron chi connectivity index (χ2n) is 6.76. The fraction of sp³-hybridized carbons (Fsp3) is 0.588. The predicted molar refractivity (Wildman–Crippen MR) is 99.5 cm³/mol. The van der Waals surface area contributed by atoms with Crippen LogP contribution < -0.4 is 11.1 Å². The van der Waals surface area contributed by atoms with E-state index >= 15 is 0 Å². The first-order valence-electron chi connectivity index (χ1n) is 8.61. The number of fused-ring (bicyclic) bond motifs is 3. The summed E-state index contributed by atoms with van der Waals surface area (Å²) in [5.41, 5.74) is 7.56. The first-order valence-corrected chi connectivity index (χ1v) is 10.4. The van der Waals surface area contributed by atoms with E-state index in [-0.39, 0.29) is 11.9 Å². The molecule has 3 N–H and O–H groups in total. The van der Waals surface area contributed by atoms with E-state index < -0.39 is 0 Å². The predicted octanol–water partition coefficient (Wildman–Crippen LogP) is 3.16. The van der Waals surface area contributed by atoms with Crippen molar-refractivity contribution < 1.29 is 4.79 Å². The highest BCUT2D eigenvalue weighted by Crippen LogP contribution is 2.38. The van der Waals surface area contributed by atoms with E-state index in [4.69, 9.17) is 5.73 Å². The van der Waals surface area contributed by atoms with Crippen LogP contribution in [0.15, 0.2) is 5.16 Å². The third-order valence-corrected chi connectivity index (χ3v) is 6.91. The van der Waals surface area contributed by atoms with Gasteiger partial charge in [0.2, 0.25) is 5.91 Å². The van der Waals surface area contributed by atoms with Crippen molar-refractivity contribution in [3.8, 4) is 0 Å². The zero-order chi connectivity index (χ0) is 16.7. The summed E-state index contributed by atoms with van der Waals surface area (Å²) in [4.78, 5) is 23.5. The van der Waals surface area contributed by atoms with E-state index in [0.717, 1.165) is 23.1 Å². The van der Waals surface area contributed by atoms with Crippen LogP contribution in [0.25, 0.3) is 10.2 Å². The van der Waals surface area contributed by atoms with Gasteiger partial charge in [-0.1, -0.05) is 11.8 Å². The summed E-state index contributed by atoms with van der Waals surface area (Å²) >= 11 is 3.11. The third-order valence-electron chi connectivity index (χ3n) is 4.87. The molecule has 7 heteroatoms. The van der Waals surface area contributed by atoms with Crippen LogP contribution in [0.5, 0.6) is 0 Å². The van der Waals surface area contributed by atoms with E-state index in [0.29, 0.717) is 22.6 Å². The van der Waals surface area contributed by atoms with Gasteiger partial charge < -0.3 is 11.1 Å². The molecule has 2 aromatic rings. The van der Waals surface area contributed by atoms with Crippen LogP contribution in [0.2, 0.25) is 0 Å². The number of aryl methyl sites for hydroxylation is 2. The minimum absolute atomic E-state index is 0.0483. The lowest BCUT2D eigenvalue weighted by atomic mass is 9.97. The van der Waals surface area contributed by atoms with Gasteiger partial charge in [-0.25, -0.2) is 9.97 Å². The maximum atomic E-state index is 12.1. The van der Waals surface area contributed by atoms with Crippen molar-refractivity contribution >= 4 is 45.0 Å². The highest BCUT2D eigenvalue weighted by atomic mass is 32.2. The Morgan fingerprint density at radius 2 is 2.17 bits per heavy atom. The molecule has 1 amide bonds. The Kier molecular flexibility index (Phi) is 4.39. The number of nitrogens with two attached hydrogens (primary N) is 1. The van der Waals surface area contributed by atoms with Crippen LogP contribution in [0.1, 0.15) is 43.0 Å². The number of nitrogens with zero attached hydrogens (tertiary/aromatic N) is 2. The molecule has 2 aromatic heterocycles. The minimum Gasteiger partial charge on any atom is -0.383 e. The Morgan fingerprint density at radius 3 is 2.96 bits per heavy atom. The average molecular weight is 363 g/mol. The number of thioether (sulfide) groups is 1. The summed E-state index contributed by atoms with van der Waals surface area (Å²) in [6.07, 6.45) is 7.13. The quantitative estimate of drug-likeness (QED) is 0.631. The van der Waals surface area contributed by atoms with E-state index in [1.807, 2.05) is 0 Å². The Morgan fingerprint density at radius 1 is 1.38 bits per heavy atom. The molecule has 2 heterocycles. The van der Waals surface area contributed by atoms with Crippen LogP contribution in [0, 0.1) is 5.92 Å². The number of nitrogen functional groups attached to an aromatic ring is 1. The summed E-state index contributed by atoms with van der Waals surface area (Å²) in [6, 6.07) is 0.274. The van der Waals surface area contributed by atoms with Crippen molar-refractivity contribution in [3.05, 3.63) is 10.4 Å². The number of carbonyl (C=O) groups excluding carboxylic acids is 1. The molecule has 0 unspecified atom stereocenters. The van der Waals surface area contributed by atoms with Crippen molar-refractivity contribution in [3.63, 3.8) is 0 Å². The molecular formula is C17H22N4OS2. The Bertz CT molecular complexity index is 784. The first kappa shape index (κ1) is 16.1. The topological polar surface area (TPSA) is 80.9 Å². The molecular weight excluding hydrogens is 340 g/mol. The zero-order valence-electron chi connectivity index (χ0n) is 13.8. The standard InChI is InChI=1S/C17H22N4OS2/c1-9(10-6-7-10)19-13(22)8-23-17-20-15(18)14-11-4-2-3-5-12(11)24-16(14)21-17/h9-10H,2-8H2,1H3,(H,19,22)(H2,18,20,21)/t9-/m0/s1. The highest BCUT2D eigenvalue weighted by molar-refractivity contribution is 7.99. The molecule has 2 aliphatic carbocycles. The molecule has 5 nitrogen and oxygen atoms in total. The number of aromatic nitrogens is 2. The summed E-state index contributed by atoms with van der Waals surface area (Å²) in [5.74, 6) is 1.62. The number of rotatable bonds is 5. The molecule has 1 saturated carbocycles. The molecule has 0 aliphatic heterocycles. The molecule has 24 heavy (non-hydrogen) atoms. The number of hydrogen-bond acceptors (Lipinski definition) is 6. The number of carbonyl (C=O) groups is 1. The number of amides is 1. The Labute approximate surface area is 149 Å². The molecule has 0 aromatic carbocycles. The van der Waals surface area contributed by atoms with Gasteiger partial charge in [-0.2, -0.15) is 0 Å². The van der Waals surface area contributed by atoms with Gasteiger partial charge in [-0.05, 0) is 56.9 Å². The van der Waals surface area contributed by atoms with Gasteiger partial charge in [0.1, 0.15) is 10.6 Å². The van der Waals surface area contributed by atoms with E-state index in [9.17, 15) is 4.79 Å². The molecule has 128 valence electrons. The molecule has 2 aliphatic rings. The molecule has 0 saturated heterocycles. The summed E-state index contributed by atoms with van der Waals surface area (Å²) in [7, 11) is 0.